The van der Waals surface area contributed by atoms with Gasteiger partial charge in [-0.1, -0.05) is 23.7 Å². The fourth-order valence-corrected chi connectivity index (χ4v) is 1.46. The van der Waals surface area contributed by atoms with Gasteiger partial charge in [-0.05, 0) is 17.5 Å². The van der Waals surface area contributed by atoms with Crippen LogP contribution in [0.4, 0.5) is 0 Å². The molecule has 64 valence electrons. The molecule has 0 aliphatic carbocycles. The first-order valence-electron chi connectivity index (χ1n) is 3.81. The van der Waals surface area contributed by atoms with E-state index >= 15 is 0 Å². The molecule has 0 amide bonds. The van der Waals surface area contributed by atoms with Crippen LogP contribution in [0.1, 0.15) is 10.4 Å². The SMILES string of the molecule is O=Cc1ccc2c(Cl)nccc2c1. The number of halogens is 1. The zero-order chi connectivity index (χ0) is 9.26. The topological polar surface area (TPSA) is 30.0 Å². The van der Waals surface area contributed by atoms with Gasteiger partial charge in [0.2, 0.25) is 0 Å². The summed E-state index contributed by atoms with van der Waals surface area (Å²) in [4.78, 5) is 14.4. The Bertz CT molecular complexity index is 467. The van der Waals surface area contributed by atoms with E-state index in [0.29, 0.717) is 10.7 Å². The summed E-state index contributed by atoms with van der Waals surface area (Å²) in [5, 5.41) is 2.27. The maximum atomic E-state index is 10.5. The molecule has 1 aromatic carbocycles. The smallest absolute Gasteiger partial charge is 0.150 e. The fraction of sp³-hybridized carbons (Fsp3) is 0. The van der Waals surface area contributed by atoms with Crippen molar-refractivity contribution in [1.82, 2.24) is 4.98 Å². The first kappa shape index (κ1) is 8.20. The second-order valence-electron chi connectivity index (χ2n) is 2.70. The average molecular weight is 192 g/mol. The highest BCUT2D eigenvalue weighted by atomic mass is 35.5. The predicted octanol–water partition coefficient (Wildman–Crippen LogP) is 2.70. The monoisotopic (exact) mass is 191 g/mol. The number of carbonyl (C=O) groups excluding carboxylic acids is 1. The molecule has 2 rings (SSSR count). The molecule has 0 N–H and O–H groups in total. The van der Waals surface area contributed by atoms with Crippen LogP contribution in [0, 0.1) is 0 Å². The Morgan fingerprint density at radius 2 is 2.15 bits per heavy atom. The van der Waals surface area contributed by atoms with Gasteiger partial charge in [-0.25, -0.2) is 4.98 Å². The van der Waals surface area contributed by atoms with Crippen LogP contribution >= 0.6 is 11.6 Å². The quantitative estimate of drug-likeness (QED) is 0.513. The molecule has 1 aromatic heterocycles. The van der Waals surface area contributed by atoms with E-state index in [1.165, 1.54) is 0 Å². The molecule has 0 aliphatic rings. The van der Waals surface area contributed by atoms with Crippen molar-refractivity contribution in [3.8, 4) is 0 Å². The number of aldehydes is 1. The van der Waals surface area contributed by atoms with E-state index in [2.05, 4.69) is 4.98 Å². The molecule has 1 heterocycles. The van der Waals surface area contributed by atoms with Crippen LogP contribution in [0.2, 0.25) is 5.15 Å². The molecule has 0 unspecified atom stereocenters. The van der Waals surface area contributed by atoms with Crippen LogP contribution in [-0.4, -0.2) is 11.3 Å². The van der Waals surface area contributed by atoms with Crippen molar-refractivity contribution in [3.63, 3.8) is 0 Å². The summed E-state index contributed by atoms with van der Waals surface area (Å²) in [6.07, 6.45) is 2.44. The molecule has 3 heteroatoms. The van der Waals surface area contributed by atoms with Crippen LogP contribution in [0.15, 0.2) is 30.5 Å². The Morgan fingerprint density at radius 3 is 2.92 bits per heavy atom. The highest BCUT2D eigenvalue weighted by Gasteiger charge is 1.99. The standard InChI is InChI=1S/C10H6ClNO/c11-10-9-2-1-7(6-13)5-8(9)3-4-12-10/h1-6H. The normalized spacial score (nSPS) is 10.2. The first-order valence-corrected chi connectivity index (χ1v) is 4.18. The van der Waals surface area contributed by atoms with E-state index in [0.717, 1.165) is 17.1 Å². The number of aromatic nitrogens is 1. The van der Waals surface area contributed by atoms with Gasteiger partial charge < -0.3 is 0 Å². The highest BCUT2D eigenvalue weighted by molar-refractivity contribution is 6.34. The number of rotatable bonds is 1. The molecule has 0 saturated carbocycles. The number of nitrogens with zero attached hydrogens (tertiary/aromatic N) is 1. The molecular weight excluding hydrogens is 186 g/mol. The Balaban J connectivity index is 2.79. The minimum Gasteiger partial charge on any atom is -0.298 e. The minimum absolute atomic E-state index is 0.468. The zero-order valence-corrected chi connectivity index (χ0v) is 7.45. The summed E-state index contributed by atoms with van der Waals surface area (Å²) in [6.45, 7) is 0. The van der Waals surface area contributed by atoms with Gasteiger partial charge in [0.05, 0.1) is 0 Å². The van der Waals surface area contributed by atoms with Crippen molar-refractivity contribution in [3.05, 3.63) is 41.2 Å². The van der Waals surface area contributed by atoms with E-state index in [1.807, 2.05) is 6.07 Å². The van der Waals surface area contributed by atoms with Crippen LogP contribution in [0.25, 0.3) is 10.8 Å². The molecule has 0 saturated heterocycles. The van der Waals surface area contributed by atoms with Crippen molar-refractivity contribution >= 4 is 28.7 Å². The molecule has 2 aromatic rings. The lowest BCUT2D eigenvalue weighted by Crippen LogP contribution is -1.82. The number of fused-ring (bicyclic) bond motifs is 1. The lowest BCUT2D eigenvalue weighted by Gasteiger charge is -1.98. The van der Waals surface area contributed by atoms with Crippen molar-refractivity contribution in [2.45, 2.75) is 0 Å². The summed E-state index contributed by atoms with van der Waals surface area (Å²) in [7, 11) is 0. The number of benzene rings is 1. The predicted molar refractivity (Wildman–Crippen MR) is 52.1 cm³/mol. The van der Waals surface area contributed by atoms with Crippen molar-refractivity contribution in [2.24, 2.45) is 0 Å². The molecule has 0 aliphatic heterocycles. The summed E-state index contributed by atoms with van der Waals surface area (Å²) < 4.78 is 0. The molecule has 13 heavy (non-hydrogen) atoms. The second kappa shape index (κ2) is 3.15. The molecule has 0 bridgehead atoms. The molecule has 0 fully saturated rings. The van der Waals surface area contributed by atoms with E-state index in [4.69, 9.17) is 11.6 Å². The number of pyridine rings is 1. The summed E-state index contributed by atoms with van der Waals surface area (Å²) >= 11 is 5.85. The molecular formula is C10H6ClNO. The third-order valence-corrected chi connectivity index (χ3v) is 2.18. The molecule has 2 nitrogen and oxygen atoms in total. The number of hydrogen-bond acceptors (Lipinski definition) is 2. The average Bonchev–Trinajstić information content (AvgIpc) is 2.18. The Morgan fingerprint density at radius 1 is 1.31 bits per heavy atom. The zero-order valence-electron chi connectivity index (χ0n) is 6.70. The van der Waals surface area contributed by atoms with Gasteiger partial charge in [-0.2, -0.15) is 0 Å². The molecule has 0 atom stereocenters. The van der Waals surface area contributed by atoms with Crippen LogP contribution in [-0.2, 0) is 0 Å². The Labute approximate surface area is 80.2 Å². The van der Waals surface area contributed by atoms with Crippen LogP contribution < -0.4 is 0 Å². The number of carbonyl (C=O) groups is 1. The maximum Gasteiger partial charge on any atom is 0.150 e. The van der Waals surface area contributed by atoms with Gasteiger partial charge in [-0.15, -0.1) is 0 Å². The highest BCUT2D eigenvalue weighted by Crippen LogP contribution is 2.21. The van der Waals surface area contributed by atoms with E-state index < -0.39 is 0 Å². The second-order valence-corrected chi connectivity index (χ2v) is 3.06. The maximum absolute atomic E-state index is 10.5. The van der Waals surface area contributed by atoms with Gasteiger partial charge in [0, 0.05) is 17.1 Å². The van der Waals surface area contributed by atoms with Crippen LogP contribution in [0.3, 0.4) is 0 Å². The van der Waals surface area contributed by atoms with Gasteiger partial charge in [0.25, 0.3) is 0 Å². The Hall–Kier alpha value is -1.41. The van der Waals surface area contributed by atoms with Crippen molar-refractivity contribution < 1.29 is 4.79 Å². The van der Waals surface area contributed by atoms with Gasteiger partial charge in [0.15, 0.2) is 0 Å². The lowest BCUT2D eigenvalue weighted by atomic mass is 10.1. The Kier molecular flexibility index (Phi) is 1.99. The van der Waals surface area contributed by atoms with Crippen LogP contribution in [0.5, 0.6) is 0 Å². The van der Waals surface area contributed by atoms with Crippen molar-refractivity contribution in [1.29, 1.82) is 0 Å². The third kappa shape index (κ3) is 1.40. The van der Waals surface area contributed by atoms with Crippen molar-refractivity contribution in [2.75, 3.05) is 0 Å². The molecule has 0 radical (unpaired) electrons. The molecule has 0 spiro atoms. The summed E-state index contributed by atoms with van der Waals surface area (Å²) in [5.74, 6) is 0. The van der Waals surface area contributed by atoms with Gasteiger partial charge in [-0.3, -0.25) is 4.79 Å². The van der Waals surface area contributed by atoms with E-state index in [-0.39, 0.29) is 0 Å². The lowest BCUT2D eigenvalue weighted by molar-refractivity contribution is 0.112. The largest absolute Gasteiger partial charge is 0.298 e. The third-order valence-electron chi connectivity index (χ3n) is 1.88. The van der Waals surface area contributed by atoms with Gasteiger partial charge >= 0.3 is 0 Å². The summed E-state index contributed by atoms with van der Waals surface area (Å²) in [6, 6.07) is 7.14. The fourth-order valence-electron chi connectivity index (χ4n) is 1.23. The van der Waals surface area contributed by atoms with Gasteiger partial charge in [0.1, 0.15) is 11.4 Å². The first-order chi connectivity index (χ1) is 6.31. The summed E-state index contributed by atoms with van der Waals surface area (Å²) in [5.41, 5.74) is 0.648. The van der Waals surface area contributed by atoms with E-state index in [9.17, 15) is 4.79 Å². The van der Waals surface area contributed by atoms with E-state index in [1.54, 1.807) is 24.4 Å². The minimum atomic E-state index is 0.468. The number of hydrogen-bond donors (Lipinski definition) is 0.